The first-order valence-corrected chi connectivity index (χ1v) is 3.35. The third-order valence-corrected chi connectivity index (χ3v) is 1.89. The van der Waals surface area contributed by atoms with Crippen LogP contribution in [0.3, 0.4) is 0 Å². The summed E-state index contributed by atoms with van der Waals surface area (Å²) in [6.45, 7) is 0.358. The van der Waals surface area contributed by atoms with Gasteiger partial charge in [-0.25, -0.2) is 0 Å². The van der Waals surface area contributed by atoms with Crippen LogP contribution in [0.4, 0.5) is 0 Å². The van der Waals surface area contributed by atoms with Gasteiger partial charge in [0.05, 0.1) is 18.7 Å². The summed E-state index contributed by atoms with van der Waals surface area (Å²) in [7, 11) is 1.81. The Labute approximate surface area is 72.4 Å². The molecule has 0 aromatic heterocycles. The zero-order chi connectivity index (χ0) is 7.56. The van der Waals surface area contributed by atoms with Crippen LogP contribution in [0.5, 0.6) is 0 Å². The smallest absolute Gasteiger partial charge is 0.150 e. The van der Waals surface area contributed by atoms with E-state index in [1.165, 1.54) is 0 Å². The molecule has 11 heavy (non-hydrogen) atoms. The summed E-state index contributed by atoms with van der Waals surface area (Å²) in [5, 5.41) is 8.29. The number of nitrogens with zero attached hydrogens (tertiary/aromatic N) is 2. The second kappa shape index (κ2) is 4.32. The molecule has 1 atom stereocenters. The maximum absolute atomic E-state index is 10.8. The lowest BCUT2D eigenvalue weighted by Gasteiger charge is -2.31. The van der Waals surface area contributed by atoms with Gasteiger partial charge in [-0.2, -0.15) is 5.26 Å². The third-order valence-electron chi connectivity index (χ3n) is 1.89. The number of halogens is 1. The highest BCUT2D eigenvalue weighted by Crippen LogP contribution is 2.18. The zero-order valence-electron chi connectivity index (χ0n) is 6.41. The lowest BCUT2D eigenvalue weighted by molar-refractivity contribution is -0.130. The van der Waals surface area contributed by atoms with Crippen molar-refractivity contribution in [1.82, 2.24) is 4.90 Å². The standard InChI is InChI=1S/C7H10N2O.ClH/c1-9(5-4-8)6-2-3-7(6)10;/h6H,2-3,5H2,1H3;1H. The Bertz CT molecular complexity index is 187. The predicted octanol–water partition coefficient (Wildman–Crippen LogP) is 0.595. The normalized spacial score (nSPS) is 21.9. The Hall–Kier alpha value is -0.590. The SMILES string of the molecule is CN(CC#N)C1CCC1=O.Cl. The first-order valence-electron chi connectivity index (χ1n) is 3.35. The quantitative estimate of drug-likeness (QED) is 0.576. The molecule has 0 aromatic carbocycles. The Kier molecular flexibility index (Phi) is 4.09. The number of Topliss-reactive ketones (excluding diaryl/α,β-unsaturated/α-hetero) is 1. The average Bonchev–Trinajstić information content (AvgIpc) is 1.85. The molecule has 0 saturated heterocycles. The van der Waals surface area contributed by atoms with Gasteiger partial charge >= 0.3 is 0 Å². The van der Waals surface area contributed by atoms with E-state index in [1.54, 1.807) is 4.90 Å². The van der Waals surface area contributed by atoms with Gasteiger partial charge in [-0.1, -0.05) is 0 Å². The molecule has 1 rings (SSSR count). The minimum absolute atomic E-state index is 0. The van der Waals surface area contributed by atoms with Gasteiger partial charge in [0.15, 0.2) is 0 Å². The third kappa shape index (κ3) is 2.18. The fourth-order valence-electron chi connectivity index (χ4n) is 1.08. The highest BCUT2D eigenvalue weighted by atomic mass is 35.5. The average molecular weight is 175 g/mol. The van der Waals surface area contributed by atoms with E-state index in [4.69, 9.17) is 5.26 Å². The van der Waals surface area contributed by atoms with Crippen molar-refractivity contribution in [3.63, 3.8) is 0 Å². The van der Waals surface area contributed by atoms with Gasteiger partial charge in [-0.05, 0) is 13.5 Å². The summed E-state index contributed by atoms with van der Waals surface area (Å²) in [6.07, 6.45) is 1.62. The first kappa shape index (κ1) is 10.4. The van der Waals surface area contributed by atoms with Gasteiger partial charge in [-0.15, -0.1) is 12.4 Å². The molecule has 1 saturated carbocycles. The molecule has 0 N–H and O–H groups in total. The van der Waals surface area contributed by atoms with Crippen molar-refractivity contribution in [2.75, 3.05) is 13.6 Å². The van der Waals surface area contributed by atoms with Crippen molar-refractivity contribution in [1.29, 1.82) is 5.26 Å². The zero-order valence-corrected chi connectivity index (χ0v) is 7.23. The van der Waals surface area contributed by atoms with Gasteiger partial charge in [-0.3, -0.25) is 9.69 Å². The number of hydrogen-bond acceptors (Lipinski definition) is 3. The maximum Gasteiger partial charge on any atom is 0.150 e. The maximum atomic E-state index is 10.8. The molecule has 62 valence electrons. The minimum atomic E-state index is 0. The molecule has 1 aliphatic carbocycles. The van der Waals surface area contributed by atoms with Gasteiger partial charge in [0.2, 0.25) is 0 Å². The fourth-order valence-corrected chi connectivity index (χ4v) is 1.08. The van der Waals surface area contributed by atoms with E-state index in [0.29, 0.717) is 13.0 Å². The van der Waals surface area contributed by atoms with Crippen LogP contribution >= 0.6 is 12.4 Å². The van der Waals surface area contributed by atoms with E-state index in [2.05, 4.69) is 0 Å². The van der Waals surface area contributed by atoms with Crippen LogP contribution in [0.2, 0.25) is 0 Å². The van der Waals surface area contributed by atoms with Crippen LogP contribution in [0.1, 0.15) is 12.8 Å². The molecule has 1 fully saturated rings. The van der Waals surface area contributed by atoms with Crippen LogP contribution in [-0.4, -0.2) is 30.3 Å². The van der Waals surface area contributed by atoms with E-state index in [0.717, 1.165) is 6.42 Å². The van der Waals surface area contributed by atoms with E-state index >= 15 is 0 Å². The minimum Gasteiger partial charge on any atom is -0.298 e. The summed E-state index contributed by atoms with van der Waals surface area (Å²) in [5.41, 5.74) is 0. The van der Waals surface area contributed by atoms with Crippen LogP contribution in [0.15, 0.2) is 0 Å². The number of rotatable bonds is 2. The largest absolute Gasteiger partial charge is 0.298 e. The lowest BCUT2D eigenvalue weighted by atomic mass is 9.90. The fraction of sp³-hybridized carbons (Fsp3) is 0.714. The van der Waals surface area contributed by atoms with Gasteiger partial charge in [0.1, 0.15) is 5.78 Å². The van der Waals surface area contributed by atoms with Gasteiger partial charge in [0.25, 0.3) is 0 Å². The lowest BCUT2D eigenvalue weighted by Crippen LogP contribution is -2.45. The number of nitriles is 1. The topological polar surface area (TPSA) is 44.1 Å². The van der Waals surface area contributed by atoms with Crippen molar-refractivity contribution < 1.29 is 4.79 Å². The number of hydrogen-bond donors (Lipinski definition) is 0. The molecule has 0 amide bonds. The highest BCUT2D eigenvalue weighted by molar-refractivity contribution is 5.89. The second-order valence-corrected chi connectivity index (χ2v) is 2.59. The van der Waals surface area contributed by atoms with Crippen molar-refractivity contribution in [2.24, 2.45) is 0 Å². The van der Waals surface area contributed by atoms with Crippen LogP contribution in [-0.2, 0) is 4.79 Å². The van der Waals surface area contributed by atoms with E-state index < -0.39 is 0 Å². The molecule has 0 bridgehead atoms. The van der Waals surface area contributed by atoms with Crippen molar-refractivity contribution >= 4 is 18.2 Å². The Morgan fingerprint density at radius 1 is 1.82 bits per heavy atom. The summed E-state index contributed by atoms with van der Waals surface area (Å²) in [6, 6.07) is 2.05. The Morgan fingerprint density at radius 3 is 2.73 bits per heavy atom. The molecular formula is C7H11ClN2O. The number of carbonyl (C=O) groups excluding carboxylic acids is 1. The Balaban J connectivity index is 0.000001000. The molecular weight excluding hydrogens is 164 g/mol. The van der Waals surface area contributed by atoms with Crippen LogP contribution in [0.25, 0.3) is 0 Å². The van der Waals surface area contributed by atoms with E-state index in [9.17, 15) is 4.79 Å². The number of likely N-dealkylation sites (N-methyl/N-ethyl adjacent to an activating group) is 1. The van der Waals surface area contributed by atoms with Crippen LogP contribution < -0.4 is 0 Å². The van der Waals surface area contributed by atoms with Gasteiger partial charge in [0, 0.05) is 6.42 Å². The molecule has 3 nitrogen and oxygen atoms in total. The molecule has 0 aromatic rings. The molecule has 0 radical (unpaired) electrons. The van der Waals surface area contributed by atoms with Crippen molar-refractivity contribution in [2.45, 2.75) is 18.9 Å². The molecule has 1 aliphatic rings. The summed E-state index contributed by atoms with van der Waals surface area (Å²) in [5.74, 6) is 0.276. The molecule has 0 spiro atoms. The van der Waals surface area contributed by atoms with E-state index in [1.807, 2.05) is 13.1 Å². The number of carbonyl (C=O) groups is 1. The summed E-state index contributed by atoms with van der Waals surface area (Å²) in [4.78, 5) is 12.6. The Morgan fingerprint density at radius 2 is 2.45 bits per heavy atom. The molecule has 4 heteroatoms. The number of ketones is 1. The summed E-state index contributed by atoms with van der Waals surface area (Å²) < 4.78 is 0. The predicted molar refractivity (Wildman–Crippen MR) is 43.5 cm³/mol. The highest BCUT2D eigenvalue weighted by Gasteiger charge is 2.30. The first-order chi connectivity index (χ1) is 4.75. The monoisotopic (exact) mass is 174 g/mol. The van der Waals surface area contributed by atoms with Crippen molar-refractivity contribution in [3.05, 3.63) is 0 Å². The molecule has 0 heterocycles. The van der Waals surface area contributed by atoms with Crippen LogP contribution in [0, 0.1) is 11.3 Å². The molecule has 0 aliphatic heterocycles. The second-order valence-electron chi connectivity index (χ2n) is 2.59. The molecule has 1 unspecified atom stereocenters. The van der Waals surface area contributed by atoms with Gasteiger partial charge < -0.3 is 0 Å². The van der Waals surface area contributed by atoms with Crippen molar-refractivity contribution in [3.8, 4) is 6.07 Å². The summed E-state index contributed by atoms with van der Waals surface area (Å²) >= 11 is 0. The van der Waals surface area contributed by atoms with E-state index in [-0.39, 0.29) is 24.2 Å².